The minimum atomic E-state index is -0.593. The summed E-state index contributed by atoms with van der Waals surface area (Å²) in [6.07, 6.45) is 1.70. The van der Waals surface area contributed by atoms with Crippen LogP contribution in [0.4, 0.5) is 0 Å². The summed E-state index contributed by atoms with van der Waals surface area (Å²) in [6.45, 7) is 8.10. The molecule has 0 saturated heterocycles. The van der Waals surface area contributed by atoms with Crippen LogP contribution in [0.2, 0.25) is 0 Å². The van der Waals surface area contributed by atoms with Gasteiger partial charge in [0.1, 0.15) is 0 Å². The normalized spacial score (nSPS) is 20.6. The summed E-state index contributed by atoms with van der Waals surface area (Å²) in [5.41, 5.74) is 3.16. The second kappa shape index (κ2) is 8.46. The van der Waals surface area contributed by atoms with Crippen LogP contribution in [0.1, 0.15) is 58.4 Å². The number of ether oxygens (including phenoxy) is 2. The van der Waals surface area contributed by atoms with Crippen LogP contribution in [0.25, 0.3) is 0 Å². The number of halogens is 1. The third-order valence-corrected chi connectivity index (χ3v) is 6.18. The fourth-order valence-electron chi connectivity index (χ4n) is 4.33. The summed E-state index contributed by atoms with van der Waals surface area (Å²) in [4.78, 5) is 26.3. The Labute approximate surface area is 185 Å². The Morgan fingerprint density at radius 3 is 2.60 bits per heavy atom. The molecule has 1 aliphatic heterocycles. The predicted octanol–water partition coefficient (Wildman–Crippen LogP) is 4.72. The number of ketones is 1. The van der Waals surface area contributed by atoms with Crippen molar-refractivity contribution in [3.63, 3.8) is 0 Å². The van der Waals surface area contributed by atoms with Gasteiger partial charge in [0, 0.05) is 29.3 Å². The van der Waals surface area contributed by atoms with Gasteiger partial charge in [0.15, 0.2) is 17.3 Å². The lowest BCUT2D eigenvalue weighted by molar-refractivity contribution is -0.138. The molecular weight excluding hydrogens is 450 g/mol. The lowest BCUT2D eigenvalue weighted by Gasteiger charge is -2.40. The van der Waals surface area contributed by atoms with Crippen molar-refractivity contribution in [1.29, 1.82) is 0 Å². The van der Waals surface area contributed by atoms with E-state index in [1.807, 2.05) is 6.92 Å². The maximum absolute atomic E-state index is 13.3. The molecule has 2 aliphatic rings. The van der Waals surface area contributed by atoms with Crippen LogP contribution in [0.3, 0.4) is 0 Å². The van der Waals surface area contributed by atoms with E-state index in [-0.39, 0.29) is 29.3 Å². The summed E-state index contributed by atoms with van der Waals surface area (Å²) >= 11 is 3.37. The smallest absolute Gasteiger partial charge is 0.336 e. The molecular formula is C23H28BrNO5. The fourth-order valence-corrected chi connectivity index (χ4v) is 4.79. The first kappa shape index (κ1) is 22.4. The number of hydrogen-bond donors (Lipinski definition) is 2. The highest BCUT2D eigenvalue weighted by molar-refractivity contribution is 9.10. The van der Waals surface area contributed by atoms with Gasteiger partial charge in [-0.15, -0.1) is 0 Å². The maximum Gasteiger partial charge on any atom is 0.336 e. The minimum absolute atomic E-state index is 0.0128. The van der Waals surface area contributed by atoms with Gasteiger partial charge in [-0.2, -0.15) is 0 Å². The van der Waals surface area contributed by atoms with Crippen molar-refractivity contribution in [3.05, 3.63) is 44.7 Å². The van der Waals surface area contributed by atoms with Crippen LogP contribution in [0.5, 0.6) is 11.5 Å². The zero-order chi connectivity index (χ0) is 22.2. The van der Waals surface area contributed by atoms with Gasteiger partial charge in [0.05, 0.1) is 23.8 Å². The summed E-state index contributed by atoms with van der Waals surface area (Å²) in [7, 11) is 1.46. The monoisotopic (exact) mass is 477 g/mol. The van der Waals surface area contributed by atoms with Crippen LogP contribution < -0.4 is 10.1 Å². The molecule has 3 rings (SSSR count). The van der Waals surface area contributed by atoms with E-state index in [1.54, 1.807) is 19.1 Å². The summed E-state index contributed by atoms with van der Waals surface area (Å²) in [6, 6.07) is 3.41. The zero-order valence-corrected chi connectivity index (χ0v) is 19.6. The molecule has 0 saturated carbocycles. The highest BCUT2D eigenvalue weighted by Gasteiger charge is 2.43. The number of nitrogens with one attached hydrogen (secondary N) is 1. The van der Waals surface area contributed by atoms with Crippen molar-refractivity contribution in [2.45, 2.75) is 52.9 Å². The van der Waals surface area contributed by atoms with Crippen LogP contribution >= 0.6 is 15.9 Å². The number of aromatic hydroxyl groups is 1. The van der Waals surface area contributed by atoms with Gasteiger partial charge in [-0.05, 0) is 58.8 Å². The molecule has 0 spiro atoms. The first-order valence-electron chi connectivity index (χ1n) is 10.1. The van der Waals surface area contributed by atoms with E-state index in [4.69, 9.17) is 9.47 Å². The average Bonchev–Trinajstić information content (AvgIpc) is 2.67. The SMILES string of the molecule is CCOC(=O)C1=C(CC)NC2=C(C(=O)CC(C)(C)C2)C1c1cc(Br)c(O)c(OC)c1. The highest BCUT2D eigenvalue weighted by Crippen LogP contribution is 2.49. The first-order chi connectivity index (χ1) is 14.1. The van der Waals surface area contributed by atoms with E-state index in [0.717, 1.165) is 11.4 Å². The molecule has 1 atom stereocenters. The molecule has 1 aromatic carbocycles. The molecule has 1 heterocycles. The molecule has 0 aromatic heterocycles. The predicted molar refractivity (Wildman–Crippen MR) is 117 cm³/mol. The van der Waals surface area contributed by atoms with E-state index < -0.39 is 11.9 Å². The molecule has 0 bridgehead atoms. The van der Waals surface area contributed by atoms with E-state index in [9.17, 15) is 14.7 Å². The summed E-state index contributed by atoms with van der Waals surface area (Å²) < 4.78 is 11.1. The number of Topliss-reactive ketones (excluding diaryl/α,β-unsaturated/α-hetero) is 1. The molecule has 0 fully saturated rings. The van der Waals surface area contributed by atoms with Crippen LogP contribution in [-0.2, 0) is 14.3 Å². The van der Waals surface area contributed by atoms with Gasteiger partial charge < -0.3 is 19.9 Å². The zero-order valence-electron chi connectivity index (χ0n) is 18.0. The lowest BCUT2D eigenvalue weighted by atomic mass is 9.68. The Balaban J connectivity index is 2.28. The van der Waals surface area contributed by atoms with Gasteiger partial charge in [-0.25, -0.2) is 4.79 Å². The van der Waals surface area contributed by atoms with Crippen molar-refractivity contribution in [1.82, 2.24) is 5.32 Å². The number of methoxy groups -OCH3 is 1. The molecule has 1 aliphatic carbocycles. The summed E-state index contributed by atoms with van der Waals surface area (Å²) in [5, 5.41) is 13.6. The number of phenols is 1. The number of allylic oxidation sites excluding steroid dienone is 3. The third-order valence-electron chi connectivity index (χ3n) is 5.58. The molecule has 0 radical (unpaired) electrons. The largest absolute Gasteiger partial charge is 0.503 e. The van der Waals surface area contributed by atoms with E-state index in [1.165, 1.54) is 7.11 Å². The van der Waals surface area contributed by atoms with Gasteiger partial charge in [-0.3, -0.25) is 4.79 Å². The van der Waals surface area contributed by atoms with Crippen molar-refractivity contribution in [2.75, 3.05) is 13.7 Å². The molecule has 0 amide bonds. The number of carbonyl (C=O) groups is 2. The van der Waals surface area contributed by atoms with Crippen LogP contribution in [0, 0.1) is 5.41 Å². The molecule has 7 heteroatoms. The lowest BCUT2D eigenvalue weighted by Crippen LogP contribution is -2.39. The number of hydrogen-bond acceptors (Lipinski definition) is 6. The minimum Gasteiger partial charge on any atom is -0.503 e. The second-order valence-electron chi connectivity index (χ2n) is 8.41. The van der Waals surface area contributed by atoms with E-state index in [0.29, 0.717) is 40.4 Å². The molecule has 2 N–H and O–H groups in total. The number of dihydropyridines is 1. The van der Waals surface area contributed by atoms with Crippen LogP contribution in [0.15, 0.2) is 39.1 Å². The first-order valence-corrected chi connectivity index (χ1v) is 10.9. The van der Waals surface area contributed by atoms with Gasteiger partial charge >= 0.3 is 5.97 Å². The number of rotatable bonds is 5. The average molecular weight is 478 g/mol. The molecule has 1 unspecified atom stereocenters. The highest BCUT2D eigenvalue weighted by atomic mass is 79.9. The quantitative estimate of drug-likeness (QED) is 0.596. The molecule has 6 nitrogen and oxygen atoms in total. The topological polar surface area (TPSA) is 84.9 Å². The number of carbonyl (C=O) groups excluding carboxylic acids is 2. The second-order valence-corrected chi connectivity index (χ2v) is 9.27. The van der Waals surface area contributed by atoms with Crippen molar-refractivity contribution in [2.24, 2.45) is 5.41 Å². The molecule has 162 valence electrons. The maximum atomic E-state index is 13.3. The van der Waals surface area contributed by atoms with Crippen molar-refractivity contribution in [3.8, 4) is 11.5 Å². The van der Waals surface area contributed by atoms with Gasteiger partial charge in [-0.1, -0.05) is 20.8 Å². The number of benzene rings is 1. The third kappa shape index (κ3) is 4.00. The standard InChI is InChI=1S/C23H28BrNO5/c1-6-14-20(22(28)30-7-2)18(12-8-13(24)21(27)17(9-12)29-5)19-15(25-14)10-23(3,4)11-16(19)26/h8-9,18,25,27H,6-7,10-11H2,1-5H3. The summed E-state index contributed by atoms with van der Waals surface area (Å²) in [5.74, 6) is -0.787. The van der Waals surface area contributed by atoms with E-state index >= 15 is 0 Å². The Bertz CT molecular complexity index is 961. The molecule has 30 heavy (non-hydrogen) atoms. The number of phenolic OH excluding ortho intramolecular Hbond substituents is 1. The Hall–Kier alpha value is -2.28. The Morgan fingerprint density at radius 2 is 2.00 bits per heavy atom. The fraction of sp³-hybridized carbons (Fsp3) is 0.478. The van der Waals surface area contributed by atoms with Crippen molar-refractivity contribution >= 4 is 27.7 Å². The Morgan fingerprint density at radius 1 is 1.30 bits per heavy atom. The van der Waals surface area contributed by atoms with Crippen LogP contribution in [-0.4, -0.2) is 30.6 Å². The number of esters is 1. The van der Waals surface area contributed by atoms with E-state index in [2.05, 4.69) is 35.1 Å². The molecule has 1 aromatic rings. The Kier molecular flexibility index (Phi) is 6.32. The van der Waals surface area contributed by atoms with Crippen molar-refractivity contribution < 1.29 is 24.2 Å². The van der Waals surface area contributed by atoms with Gasteiger partial charge in [0.25, 0.3) is 0 Å². The van der Waals surface area contributed by atoms with Gasteiger partial charge in [0.2, 0.25) is 0 Å².